The van der Waals surface area contributed by atoms with Crippen molar-refractivity contribution >= 4 is 23.3 Å². The second kappa shape index (κ2) is 10.1. The number of amides is 1. The van der Waals surface area contributed by atoms with Gasteiger partial charge in [-0.1, -0.05) is 54.1 Å². The van der Waals surface area contributed by atoms with Crippen LogP contribution < -0.4 is 5.32 Å². The monoisotopic (exact) mass is 437 g/mol. The van der Waals surface area contributed by atoms with Gasteiger partial charge in [-0.3, -0.25) is 14.6 Å². The Morgan fingerprint density at radius 3 is 2.35 bits per heavy atom. The lowest BCUT2D eigenvalue weighted by Crippen LogP contribution is -2.48. The first-order valence-corrected chi connectivity index (χ1v) is 11.0. The van der Waals surface area contributed by atoms with Crippen LogP contribution in [-0.2, 0) is 17.9 Å². The minimum atomic E-state index is -0.0201. The van der Waals surface area contributed by atoms with Crippen molar-refractivity contribution in [2.75, 3.05) is 38.0 Å². The molecule has 7 heteroatoms. The highest BCUT2D eigenvalue weighted by Gasteiger charge is 2.20. The van der Waals surface area contributed by atoms with Gasteiger partial charge in [-0.05, 0) is 29.7 Å². The van der Waals surface area contributed by atoms with E-state index in [1.165, 1.54) is 11.1 Å². The lowest BCUT2D eigenvalue weighted by atomic mass is 10.1. The van der Waals surface area contributed by atoms with Gasteiger partial charge in [0.2, 0.25) is 5.91 Å². The van der Waals surface area contributed by atoms with E-state index in [0.717, 1.165) is 38.3 Å². The molecule has 1 N–H and O–H groups in total. The van der Waals surface area contributed by atoms with Gasteiger partial charge in [-0.25, -0.2) is 4.68 Å². The Kier molecular flexibility index (Phi) is 7.02. The van der Waals surface area contributed by atoms with E-state index in [-0.39, 0.29) is 5.91 Å². The molecule has 1 saturated heterocycles. The van der Waals surface area contributed by atoms with Crippen LogP contribution in [0.2, 0.25) is 5.02 Å². The van der Waals surface area contributed by atoms with Gasteiger partial charge in [0.25, 0.3) is 0 Å². The van der Waals surface area contributed by atoms with Crippen LogP contribution >= 0.6 is 11.6 Å². The zero-order valence-electron chi connectivity index (χ0n) is 17.8. The van der Waals surface area contributed by atoms with Gasteiger partial charge in [0, 0.05) is 43.8 Å². The molecular formula is C24H28ClN5O. The molecule has 2 aromatic carbocycles. The Labute approximate surface area is 188 Å². The Bertz CT molecular complexity index is 1030. The number of aryl methyl sites for hydroxylation is 1. The van der Waals surface area contributed by atoms with Crippen molar-refractivity contribution in [1.82, 2.24) is 19.6 Å². The van der Waals surface area contributed by atoms with Crippen molar-refractivity contribution in [3.05, 3.63) is 82.5 Å². The molecule has 6 nitrogen and oxygen atoms in total. The Morgan fingerprint density at radius 2 is 1.61 bits per heavy atom. The number of anilines is 1. The fraction of sp³-hybridized carbons (Fsp3) is 0.333. The Hall–Kier alpha value is -2.67. The Morgan fingerprint density at radius 1 is 0.935 bits per heavy atom. The topological polar surface area (TPSA) is 53.4 Å². The third-order valence-electron chi connectivity index (χ3n) is 5.75. The first-order chi connectivity index (χ1) is 15.1. The molecular weight excluding hydrogens is 410 g/mol. The Balaban J connectivity index is 1.26. The third kappa shape index (κ3) is 5.73. The number of hydrogen-bond donors (Lipinski definition) is 1. The van der Waals surface area contributed by atoms with Crippen LogP contribution in [0.3, 0.4) is 0 Å². The normalized spacial score (nSPS) is 15.2. The average Bonchev–Trinajstić information content (AvgIpc) is 3.19. The summed E-state index contributed by atoms with van der Waals surface area (Å²) in [5.74, 6) is 0.663. The fourth-order valence-electron chi connectivity index (χ4n) is 3.87. The lowest BCUT2D eigenvalue weighted by Gasteiger charge is -2.34. The molecule has 4 rings (SSSR count). The smallest absolute Gasteiger partial charge is 0.239 e. The number of rotatable bonds is 7. The lowest BCUT2D eigenvalue weighted by molar-refractivity contribution is -0.117. The molecule has 31 heavy (non-hydrogen) atoms. The van der Waals surface area contributed by atoms with Gasteiger partial charge in [0.15, 0.2) is 0 Å². The summed E-state index contributed by atoms with van der Waals surface area (Å²) >= 11 is 6.26. The highest BCUT2D eigenvalue weighted by molar-refractivity contribution is 6.31. The van der Waals surface area contributed by atoms with Crippen molar-refractivity contribution in [2.24, 2.45) is 0 Å². The van der Waals surface area contributed by atoms with Crippen molar-refractivity contribution < 1.29 is 4.79 Å². The summed E-state index contributed by atoms with van der Waals surface area (Å²) in [5.41, 5.74) is 3.67. The van der Waals surface area contributed by atoms with Gasteiger partial charge in [0.1, 0.15) is 5.82 Å². The predicted octanol–water partition coefficient (Wildman–Crippen LogP) is 3.65. The second-order valence-corrected chi connectivity index (χ2v) is 8.40. The van der Waals surface area contributed by atoms with Crippen LogP contribution in [0, 0.1) is 6.92 Å². The molecule has 3 aromatic rings. The molecule has 1 aliphatic rings. The molecule has 0 aliphatic carbocycles. The number of carbonyl (C=O) groups is 1. The molecule has 0 radical (unpaired) electrons. The number of aromatic nitrogens is 2. The van der Waals surface area contributed by atoms with Crippen molar-refractivity contribution in [1.29, 1.82) is 0 Å². The first-order valence-electron chi connectivity index (χ1n) is 10.6. The number of halogens is 1. The maximum atomic E-state index is 12.6. The molecule has 1 aliphatic heterocycles. The molecule has 0 saturated carbocycles. The summed E-state index contributed by atoms with van der Waals surface area (Å²) in [6.45, 7) is 7.73. The highest BCUT2D eigenvalue weighted by atomic mass is 35.5. The number of piperazine rings is 1. The highest BCUT2D eigenvalue weighted by Crippen LogP contribution is 2.18. The number of hydrogen-bond acceptors (Lipinski definition) is 4. The summed E-state index contributed by atoms with van der Waals surface area (Å²) in [7, 11) is 0. The van der Waals surface area contributed by atoms with E-state index in [9.17, 15) is 4.79 Å². The van der Waals surface area contributed by atoms with Gasteiger partial charge < -0.3 is 5.32 Å². The predicted molar refractivity (Wildman–Crippen MR) is 124 cm³/mol. The number of nitrogens with zero attached hydrogens (tertiary/aromatic N) is 4. The third-order valence-corrected chi connectivity index (χ3v) is 6.12. The molecule has 0 atom stereocenters. The first kappa shape index (κ1) is 21.6. The van der Waals surface area contributed by atoms with Gasteiger partial charge >= 0.3 is 0 Å². The van der Waals surface area contributed by atoms with Gasteiger partial charge in [-0.2, -0.15) is 5.10 Å². The molecule has 1 amide bonds. The average molecular weight is 438 g/mol. The molecule has 2 heterocycles. The van der Waals surface area contributed by atoms with E-state index >= 15 is 0 Å². The number of carbonyl (C=O) groups excluding carboxylic acids is 1. The van der Waals surface area contributed by atoms with Crippen LogP contribution in [0.5, 0.6) is 0 Å². The van der Waals surface area contributed by atoms with Gasteiger partial charge in [-0.15, -0.1) is 0 Å². The summed E-state index contributed by atoms with van der Waals surface area (Å²) in [5, 5.41) is 8.02. The van der Waals surface area contributed by atoms with Crippen LogP contribution in [0.15, 0.2) is 60.8 Å². The minimum Gasteiger partial charge on any atom is -0.310 e. The van der Waals surface area contributed by atoms with Crippen molar-refractivity contribution in [3.8, 4) is 0 Å². The van der Waals surface area contributed by atoms with Crippen molar-refractivity contribution in [3.63, 3.8) is 0 Å². The van der Waals surface area contributed by atoms with Crippen molar-refractivity contribution in [2.45, 2.75) is 20.0 Å². The maximum absolute atomic E-state index is 12.6. The molecule has 1 fully saturated rings. The van der Waals surface area contributed by atoms with Crippen LogP contribution in [-0.4, -0.2) is 58.2 Å². The van der Waals surface area contributed by atoms with Crippen LogP contribution in [0.4, 0.5) is 5.82 Å². The maximum Gasteiger partial charge on any atom is 0.239 e. The summed E-state index contributed by atoms with van der Waals surface area (Å²) in [4.78, 5) is 17.3. The molecule has 162 valence electrons. The molecule has 1 aromatic heterocycles. The van der Waals surface area contributed by atoms with E-state index in [0.29, 0.717) is 23.9 Å². The standard InChI is InChI=1S/C24H28ClN5O/c1-19-6-2-3-7-20(19)16-28-12-14-29(15-13-28)18-24(31)27-23-10-11-26-30(23)17-21-8-4-5-9-22(21)25/h2-11H,12-18H2,1H3,(H,27,31). The van der Waals surface area contributed by atoms with E-state index in [1.54, 1.807) is 10.9 Å². The van der Waals surface area contributed by atoms with Crippen LogP contribution in [0.1, 0.15) is 16.7 Å². The van der Waals surface area contributed by atoms with Gasteiger partial charge in [0.05, 0.1) is 19.3 Å². The van der Waals surface area contributed by atoms with E-state index in [2.05, 4.69) is 51.4 Å². The molecule has 0 bridgehead atoms. The summed E-state index contributed by atoms with van der Waals surface area (Å²) in [6, 6.07) is 18.0. The zero-order chi connectivity index (χ0) is 21.6. The number of benzene rings is 2. The van der Waals surface area contributed by atoms with E-state index in [4.69, 9.17) is 11.6 Å². The zero-order valence-corrected chi connectivity index (χ0v) is 18.6. The van der Waals surface area contributed by atoms with Crippen LogP contribution in [0.25, 0.3) is 0 Å². The molecule has 0 unspecified atom stereocenters. The summed E-state index contributed by atoms with van der Waals surface area (Å²) in [6.07, 6.45) is 1.69. The SMILES string of the molecule is Cc1ccccc1CN1CCN(CC(=O)Nc2ccnn2Cc2ccccc2Cl)CC1. The second-order valence-electron chi connectivity index (χ2n) is 7.99. The largest absolute Gasteiger partial charge is 0.310 e. The van der Waals surface area contributed by atoms with E-state index < -0.39 is 0 Å². The molecule has 0 spiro atoms. The quantitative estimate of drug-likeness (QED) is 0.613. The fourth-order valence-corrected chi connectivity index (χ4v) is 4.07. The number of nitrogens with one attached hydrogen (secondary N) is 1. The van der Waals surface area contributed by atoms with E-state index in [1.807, 2.05) is 30.3 Å². The minimum absolute atomic E-state index is 0.0201. The summed E-state index contributed by atoms with van der Waals surface area (Å²) < 4.78 is 1.76.